The highest BCUT2D eigenvalue weighted by molar-refractivity contribution is 5.85. The van der Waals surface area contributed by atoms with Crippen LogP contribution in [0.3, 0.4) is 0 Å². The minimum atomic E-state index is -1.10. The third-order valence-corrected chi connectivity index (χ3v) is 2.16. The van der Waals surface area contributed by atoms with E-state index in [1.54, 1.807) is 13.0 Å². The second-order valence-corrected chi connectivity index (χ2v) is 3.83. The molecule has 7 nitrogen and oxygen atoms in total. The molecule has 0 saturated carbocycles. The Hall–Kier alpha value is -1.89. The molecule has 0 aliphatic heterocycles. The summed E-state index contributed by atoms with van der Waals surface area (Å²) in [6.07, 6.45) is -0.388. The highest BCUT2D eigenvalue weighted by Gasteiger charge is 2.21. The molecule has 1 aromatic rings. The standard InChI is InChI=1S/C10H15N3O4/c1-6-3-7(12-17-6)5-13(2)10(16)8(11)4-9(14)15/h3,8H,4-5,11H2,1-2H3,(H,14,15). The predicted octanol–water partition coefficient (Wildman–Crippen LogP) is -0.257. The summed E-state index contributed by atoms with van der Waals surface area (Å²) in [4.78, 5) is 23.4. The summed E-state index contributed by atoms with van der Waals surface area (Å²) in [5, 5.41) is 12.3. The van der Waals surface area contributed by atoms with Gasteiger partial charge in [-0.3, -0.25) is 9.59 Å². The molecule has 1 heterocycles. The largest absolute Gasteiger partial charge is 0.481 e. The van der Waals surface area contributed by atoms with Crippen molar-refractivity contribution < 1.29 is 19.2 Å². The maximum atomic E-state index is 11.7. The third-order valence-electron chi connectivity index (χ3n) is 2.16. The van der Waals surface area contributed by atoms with Crippen LogP contribution in [0.4, 0.5) is 0 Å². The number of carboxylic acid groups (broad SMARTS) is 1. The lowest BCUT2D eigenvalue weighted by molar-refractivity contribution is -0.141. The minimum Gasteiger partial charge on any atom is -0.481 e. The molecule has 0 radical (unpaired) electrons. The molecule has 0 fully saturated rings. The number of likely N-dealkylation sites (N-methyl/N-ethyl adjacent to an activating group) is 1. The summed E-state index contributed by atoms with van der Waals surface area (Å²) >= 11 is 0. The average molecular weight is 241 g/mol. The normalized spacial score (nSPS) is 12.2. The lowest BCUT2D eigenvalue weighted by Crippen LogP contribution is -2.42. The SMILES string of the molecule is Cc1cc(CN(C)C(=O)C(N)CC(=O)O)no1. The molecule has 17 heavy (non-hydrogen) atoms. The number of carbonyl (C=O) groups excluding carboxylic acids is 1. The van der Waals surface area contributed by atoms with Gasteiger partial charge in [-0.15, -0.1) is 0 Å². The van der Waals surface area contributed by atoms with E-state index in [2.05, 4.69) is 5.16 Å². The first kappa shape index (κ1) is 13.2. The van der Waals surface area contributed by atoms with E-state index in [1.807, 2.05) is 0 Å². The van der Waals surface area contributed by atoms with E-state index in [0.29, 0.717) is 11.5 Å². The summed E-state index contributed by atoms with van der Waals surface area (Å²) in [6, 6.07) is 0.664. The molecule has 3 N–H and O–H groups in total. The number of nitrogens with two attached hydrogens (primary N) is 1. The number of carboxylic acids is 1. The van der Waals surface area contributed by atoms with Crippen LogP contribution in [0.25, 0.3) is 0 Å². The molecule has 1 amide bonds. The molecular formula is C10H15N3O4. The van der Waals surface area contributed by atoms with Gasteiger partial charge in [0.25, 0.3) is 0 Å². The number of aliphatic carboxylic acids is 1. The van der Waals surface area contributed by atoms with E-state index in [0.717, 1.165) is 0 Å². The van der Waals surface area contributed by atoms with Gasteiger partial charge in [0.15, 0.2) is 0 Å². The zero-order chi connectivity index (χ0) is 13.0. The molecule has 1 aromatic heterocycles. The van der Waals surface area contributed by atoms with Gasteiger partial charge in [0.05, 0.1) is 19.0 Å². The van der Waals surface area contributed by atoms with Crippen LogP contribution in [-0.2, 0) is 16.1 Å². The van der Waals surface area contributed by atoms with Crippen LogP contribution >= 0.6 is 0 Å². The Morgan fingerprint density at radius 2 is 2.29 bits per heavy atom. The van der Waals surface area contributed by atoms with Crippen LogP contribution in [0.2, 0.25) is 0 Å². The van der Waals surface area contributed by atoms with Gasteiger partial charge in [-0.2, -0.15) is 0 Å². The molecule has 0 bridgehead atoms. The lowest BCUT2D eigenvalue weighted by atomic mass is 10.2. The summed E-state index contributed by atoms with van der Waals surface area (Å²) in [7, 11) is 1.54. The van der Waals surface area contributed by atoms with Crippen molar-refractivity contribution in [3.05, 3.63) is 17.5 Å². The molecule has 0 saturated heterocycles. The Bertz CT molecular complexity index is 415. The molecule has 0 spiro atoms. The Balaban J connectivity index is 2.55. The van der Waals surface area contributed by atoms with Crippen molar-refractivity contribution in [1.29, 1.82) is 0 Å². The van der Waals surface area contributed by atoms with Crippen molar-refractivity contribution in [2.75, 3.05) is 7.05 Å². The first-order chi connectivity index (χ1) is 7.90. The van der Waals surface area contributed by atoms with Crippen molar-refractivity contribution in [2.45, 2.75) is 25.9 Å². The number of carbonyl (C=O) groups is 2. The van der Waals surface area contributed by atoms with Crippen LogP contribution < -0.4 is 5.73 Å². The number of aryl methyl sites for hydroxylation is 1. The van der Waals surface area contributed by atoms with Crippen LogP contribution in [0.15, 0.2) is 10.6 Å². The van der Waals surface area contributed by atoms with Crippen molar-refractivity contribution in [1.82, 2.24) is 10.1 Å². The van der Waals surface area contributed by atoms with Gasteiger partial charge in [-0.1, -0.05) is 5.16 Å². The Kier molecular flexibility index (Phi) is 4.22. The van der Waals surface area contributed by atoms with Crippen molar-refractivity contribution in [3.63, 3.8) is 0 Å². The van der Waals surface area contributed by atoms with Gasteiger partial charge >= 0.3 is 5.97 Å². The van der Waals surface area contributed by atoms with Crippen molar-refractivity contribution in [2.24, 2.45) is 5.73 Å². The zero-order valence-electron chi connectivity index (χ0n) is 9.71. The molecule has 0 aliphatic carbocycles. The monoisotopic (exact) mass is 241 g/mol. The second kappa shape index (κ2) is 5.44. The van der Waals surface area contributed by atoms with E-state index in [9.17, 15) is 9.59 Å². The number of hydrogen-bond acceptors (Lipinski definition) is 5. The molecular weight excluding hydrogens is 226 g/mol. The molecule has 0 aromatic carbocycles. The second-order valence-electron chi connectivity index (χ2n) is 3.83. The quantitative estimate of drug-likeness (QED) is 0.735. The summed E-state index contributed by atoms with van der Waals surface area (Å²) in [6.45, 7) is 1.98. The van der Waals surface area contributed by atoms with Crippen molar-refractivity contribution >= 4 is 11.9 Å². The fourth-order valence-corrected chi connectivity index (χ4v) is 1.37. The Labute approximate surface area is 98.2 Å². The van der Waals surface area contributed by atoms with Gasteiger partial charge < -0.3 is 20.3 Å². The number of rotatable bonds is 5. The average Bonchev–Trinajstić information content (AvgIpc) is 2.61. The van der Waals surface area contributed by atoms with E-state index >= 15 is 0 Å². The fourth-order valence-electron chi connectivity index (χ4n) is 1.37. The highest BCUT2D eigenvalue weighted by atomic mass is 16.5. The first-order valence-electron chi connectivity index (χ1n) is 5.04. The summed E-state index contributed by atoms with van der Waals surface area (Å²) in [5.41, 5.74) is 6.06. The third kappa shape index (κ3) is 3.87. The fraction of sp³-hybridized carbons (Fsp3) is 0.500. The van der Waals surface area contributed by atoms with E-state index in [1.165, 1.54) is 11.9 Å². The Morgan fingerprint density at radius 1 is 1.65 bits per heavy atom. The molecule has 7 heteroatoms. The highest BCUT2D eigenvalue weighted by Crippen LogP contribution is 2.06. The maximum Gasteiger partial charge on any atom is 0.305 e. The molecule has 1 rings (SSSR count). The van der Waals surface area contributed by atoms with E-state index in [4.69, 9.17) is 15.4 Å². The summed E-state index contributed by atoms with van der Waals surface area (Å²) < 4.78 is 4.86. The van der Waals surface area contributed by atoms with Gasteiger partial charge in [0.1, 0.15) is 11.5 Å². The van der Waals surface area contributed by atoms with Gasteiger partial charge in [-0.05, 0) is 6.92 Å². The number of aromatic nitrogens is 1. The predicted molar refractivity (Wildman–Crippen MR) is 57.9 cm³/mol. The lowest BCUT2D eigenvalue weighted by Gasteiger charge is -2.19. The maximum absolute atomic E-state index is 11.7. The van der Waals surface area contributed by atoms with E-state index in [-0.39, 0.29) is 13.0 Å². The smallest absolute Gasteiger partial charge is 0.305 e. The van der Waals surface area contributed by atoms with Crippen LogP contribution in [0, 0.1) is 6.92 Å². The minimum absolute atomic E-state index is 0.240. The van der Waals surface area contributed by atoms with Crippen LogP contribution in [-0.4, -0.2) is 40.1 Å². The number of hydrogen-bond donors (Lipinski definition) is 2. The Morgan fingerprint density at radius 3 is 2.76 bits per heavy atom. The molecule has 1 atom stereocenters. The van der Waals surface area contributed by atoms with Gasteiger partial charge in [-0.25, -0.2) is 0 Å². The van der Waals surface area contributed by atoms with E-state index < -0.39 is 17.9 Å². The van der Waals surface area contributed by atoms with Gasteiger partial charge in [0, 0.05) is 13.1 Å². The summed E-state index contributed by atoms with van der Waals surface area (Å²) in [5.74, 6) is -0.889. The molecule has 0 aliphatic rings. The topological polar surface area (TPSA) is 110 Å². The molecule has 94 valence electrons. The zero-order valence-corrected chi connectivity index (χ0v) is 9.71. The number of nitrogens with zero attached hydrogens (tertiary/aromatic N) is 2. The van der Waals surface area contributed by atoms with Crippen LogP contribution in [0.1, 0.15) is 17.9 Å². The van der Waals surface area contributed by atoms with Gasteiger partial charge in [0.2, 0.25) is 5.91 Å². The van der Waals surface area contributed by atoms with Crippen LogP contribution in [0.5, 0.6) is 0 Å². The number of amides is 1. The molecule has 1 unspecified atom stereocenters. The first-order valence-corrected chi connectivity index (χ1v) is 5.04. The van der Waals surface area contributed by atoms with Crippen molar-refractivity contribution in [3.8, 4) is 0 Å².